The minimum Gasteiger partial charge on any atom is -0.342 e. The average Bonchev–Trinajstić information content (AvgIpc) is 2.97. The molecule has 2 heterocycles. The summed E-state index contributed by atoms with van der Waals surface area (Å²) >= 11 is 0. The van der Waals surface area contributed by atoms with E-state index < -0.39 is 0 Å². The molecule has 0 unspecified atom stereocenters. The van der Waals surface area contributed by atoms with Gasteiger partial charge in [0.2, 0.25) is 5.91 Å². The molecule has 2 saturated heterocycles. The van der Waals surface area contributed by atoms with Crippen molar-refractivity contribution >= 4 is 16.7 Å². The molecule has 3 aromatic carbocycles. The molecule has 2 aliphatic heterocycles. The molecule has 1 amide bonds. The molecular weight excluding hydrogens is 466 g/mol. The van der Waals surface area contributed by atoms with Crippen LogP contribution in [0.25, 0.3) is 10.8 Å². The topological polar surface area (TPSA) is 35.6 Å². The lowest BCUT2D eigenvalue weighted by molar-refractivity contribution is -0.131. The fourth-order valence-corrected chi connectivity index (χ4v) is 6.36. The molecule has 202 valence electrons. The number of nitrogens with zero attached hydrogens (tertiary/aromatic N) is 2. The summed E-state index contributed by atoms with van der Waals surface area (Å²) < 4.78 is 0. The Kier molecular flexibility index (Phi) is 9.85. The highest BCUT2D eigenvalue weighted by molar-refractivity contribution is 5.90. The van der Waals surface area contributed by atoms with Gasteiger partial charge in [-0.1, -0.05) is 72.8 Å². The number of hydrogen-bond donors (Lipinski definition) is 1. The summed E-state index contributed by atoms with van der Waals surface area (Å²) in [5.41, 5.74) is 2.64. The van der Waals surface area contributed by atoms with Crippen LogP contribution in [0.5, 0.6) is 0 Å². The fourth-order valence-electron chi connectivity index (χ4n) is 6.36. The first-order valence-corrected chi connectivity index (χ1v) is 15.0. The molecule has 3 aromatic rings. The predicted molar refractivity (Wildman–Crippen MR) is 158 cm³/mol. The highest BCUT2D eigenvalue weighted by Crippen LogP contribution is 2.23. The van der Waals surface area contributed by atoms with Gasteiger partial charge in [0.05, 0.1) is 6.42 Å². The molecule has 2 fully saturated rings. The van der Waals surface area contributed by atoms with Gasteiger partial charge in [0.1, 0.15) is 0 Å². The summed E-state index contributed by atoms with van der Waals surface area (Å²) in [5, 5.41) is 6.13. The number of likely N-dealkylation sites (tertiary alicyclic amines) is 2. The molecule has 0 aromatic heterocycles. The molecule has 0 aliphatic carbocycles. The van der Waals surface area contributed by atoms with Crippen LogP contribution in [0.1, 0.15) is 49.7 Å². The Labute approximate surface area is 229 Å². The second kappa shape index (κ2) is 13.9. The second-order valence-corrected chi connectivity index (χ2v) is 11.5. The molecule has 0 spiro atoms. The predicted octanol–water partition coefficient (Wildman–Crippen LogP) is 5.95. The molecule has 0 bridgehead atoms. The van der Waals surface area contributed by atoms with Gasteiger partial charge in [-0.25, -0.2) is 0 Å². The van der Waals surface area contributed by atoms with Crippen LogP contribution in [0, 0.1) is 11.8 Å². The van der Waals surface area contributed by atoms with Crippen molar-refractivity contribution in [1.82, 2.24) is 15.1 Å². The third-order valence-corrected chi connectivity index (χ3v) is 8.77. The Balaban J connectivity index is 0.911. The number of fused-ring (bicyclic) bond motifs is 1. The molecule has 5 rings (SSSR count). The maximum Gasteiger partial charge on any atom is 0.227 e. The third kappa shape index (κ3) is 7.68. The van der Waals surface area contributed by atoms with Crippen molar-refractivity contribution < 1.29 is 4.79 Å². The number of benzene rings is 3. The smallest absolute Gasteiger partial charge is 0.227 e. The van der Waals surface area contributed by atoms with Crippen molar-refractivity contribution in [2.24, 2.45) is 11.8 Å². The molecule has 0 saturated carbocycles. The average molecular weight is 512 g/mol. The number of unbranched alkanes of at least 4 members (excludes halogenated alkanes) is 1. The van der Waals surface area contributed by atoms with E-state index in [1.807, 2.05) is 0 Å². The summed E-state index contributed by atoms with van der Waals surface area (Å²) in [6.45, 7) is 7.79. The van der Waals surface area contributed by atoms with Crippen molar-refractivity contribution in [3.05, 3.63) is 83.9 Å². The van der Waals surface area contributed by atoms with Gasteiger partial charge in [0, 0.05) is 13.1 Å². The van der Waals surface area contributed by atoms with Crippen molar-refractivity contribution in [3.8, 4) is 0 Å². The standard InChI is InChI=1S/C34H45N3O/c38-34(26-32-13-8-12-31-11-4-5-14-33(31)32)37-23-17-30(18-24-37)27-35-19-6-7-20-36-21-15-29(16-22-36)25-28-9-2-1-3-10-28/h1-5,8-14,29-30,35H,6-7,15-27H2. The van der Waals surface area contributed by atoms with Crippen LogP contribution >= 0.6 is 0 Å². The molecule has 2 aliphatic rings. The van der Waals surface area contributed by atoms with Crippen molar-refractivity contribution in [3.63, 3.8) is 0 Å². The lowest BCUT2D eigenvalue weighted by Crippen LogP contribution is -2.41. The summed E-state index contributed by atoms with van der Waals surface area (Å²) in [5.74, 6) is 1.83. The van der Waals surface area contributed by atoms with Crippen LogP contribution in [0.4, 0.5) is 0 Å². The number of rotatable bonds is 11. The van der Waals surface area contributed by atoms with Gasteiger partial charge in [-0.15, -0.1) is 0 Å². The molecule has 4 heteroatoms. The van der Waals surface area contributed by atoms with Gasteiger partial charge in [0.25, 0.3) is 0 Å². The number of carbonyl (C=O) groups is 1. The summed E-state index contributed by atoms with van der Waals surface area (Å²) in [7, 11) is 0. The van der Waals surface area contributed by atoms with E-state index in [2.05, 4.69) is 87.9 Å². The third-order valence-electron chi connectivity index (χ3n) is 8.77. The lowest BCUT2D eigenvalue weighted by Gasteiger charge is -2.32. The maximum atomic E-state index is 13.0. The molecule has 4 nitrogen and oxygen atoms in total. The zero-order chi connectivity index (χ0) is 26.0. The number of carbonyl (C=O) groups excluding carboxylic acids is 1. The highest BCUT2D eigenvalue weighted by atomic mass is 16.2. The van der Waals surface area contributed by atoms with Gasteiger partial charge in [-0.05, 0) is 111 Å². The number of nitrogens with one attached hydrogen (secondary N) is 1. The zero-order valence-electron chi connectivity index (χ0n) is 23.0. The largest absolute Gasteiger partial charge is 0.342 e. The molecular formula is C34H45N3O. The second-order valence-electron chi connectivity index (χ2n) is 11.5. The Morgan fingerprint density at radius 1 is 0.763 bits per heavy atom. The van der Waals surface area contributed by atoms with E-state index in [-0.39, 0.29) is 5.91 Å². The van der Waals surface area contributed by atoms with E-state index in [0.717, 1.165) is 50.5 Å². The van der Waals surface area contributed by atoms with E-state index in [4.69, 9.17) is 0 Å². The van der Waals surface area contributed by atoms with Gasteiger partial charge in [-0.2, -0.15) is 0 Å². The van der Waals surface area contributed by atoms with Crippen molar-refractivity contribution in [1.29, 1.82) is 0 Å². The van der Waals surface area contributed by atoms with Gasteiger partial charge in [-0.3, -0.25) is 4.79 Å². The highest BCUT2D eigenvalue weighted by Gasteiger charge is 2.23. The normalized spacial score (nSPS) is 17.7. The molecule has 38 heavy (non-hydrogen) atoms. The van der Waals surface area contributed by atoms with E-state index in [0.29, 0.717) is 12.3 Å². The SMILES string of the molecule is O=C(Cc1cccc2ccccc12)N1CCC(CNCCCCN2CCC(Cc3ccccc3)CC2)CC1. The number of piperidine rings is 2. The van der Waals surface area contributed by atoms with Crippen LogP contribution in [0.2, 0.25) is 0 Å². The summed E-state index contributed by atoms with van der Waals surface area (Å²) in [4.78, 5) is 17.7. The Hall–Kier alpha value is -2.69. The summed E-state index contributed by atoms with van der Waals surface area (Å²) in [6, 6.07) is 25.7. The summed E-state index contributed by atoms with van der Waals surface area (Å²) in [6.07, 6.45) is 9.22. The molecule has 0 atom stereocenters. The van der Waals surface area contributed by atoms with Gasteiger partial charge < -0.3 is 15.1 Å². The van der Waals surface area contributed by atoms with E-state index in [1.165, 1.54) is 68.1 Å². The first-order valence-electron chi connectivity index (χ1n) is 15.0. The van der Waals surface area contributed by atoms with Crippen LogP contribution in [0.15, 0.2) is 72.8 Å². The van der Waals surface area contributed by atoms with Gasteiger partial charge in [0.15, 0.2) is 0 Å². The van der Waals surface area contributed by atoms with E-state index >= 15 is 0 Å². The van der Waals surface area contributed by atoms with E-state index in [9.17, 15) is 4.79 Å². The monoisotopic (exact) mass is 511 g/mol. The minimum absolute atomic E-state index is 0.275. The van der Waals surface area contributed by atoms with Crippen LogP contribution in [0.3, 0.4) is 0 Å². The van der Waals surface area contributed by atoms with Crippen LogP contribution in [-0.2, 0) is 17.6 Å². The Morgan fingerprint density at radius 2 is 1.47 bits per heavy atom. The molecule has 1 N–H and O–H groups in total. The maximum absolute atomic E-state index is 13.0. The quantitative estimate of drug-likeness (QED) is 0.323. The Bertz CT molecular complexity index is 1130. The van der Waals surface area contributed by atoms with E-state index in [1.54, 1.807) is 0 Å². The first-order chi connectivity index (χ1) is 18.7. The number of amides is 1. The van der Waals surface area contributed by atoms with Gasteiger partial charge >= 0.3 is 0 Å². The lowest BCUT2D eigenvalue weighted by atomic mass is 9.90. The van der Waals surface area contributed by atoms with Crippen molar-refractivity contribution in [2.45, 2.75) is 51.4 Å². The Morgan fingerprint density at radius 3 is 2.29 bits per heavy atom. The molecule has 0 radical (unpaired) electrons. The van der Waals surface area contributed by atoms with Crippen LogP contribution in [-0.4, -0.2) is 61.5 Å². The zero-order valence-corrected chi connectivity index (χ0v) is 23.0. The minimum atomic E-state index is 0.275. The number of hydrogen-bond acceptors (Lipinski definition) is 3. The van der Waals surface area contributed by atoms with Crippen molar-refractivity contribution in [2.75, 3.05) is 45.8 Å². The van der Waals surface area contributed by atoms with Crippen LogP contribution < -0.4 is 5.32 Å². The first kappa shape index (κ1) is 26.9. The fraction of sp³-hybridized carbons (Fsp3) is 0.500.